The summed E-state index contributed by atoms with van der Waals surface area (Å²) in [4.78, 5) is 25.8. The molecule has 0 aliphatic carbocycles. The molecule has 0 N–H and O–H groups in total. The molecule has 1 aliphatic heterocycles. The van der Waals surface area contributed by atoms with Crippen LogP contribution < -0.4 is 0 Å². The molecule has 0 aromatic heterocycles. The van der Waals surface area contributed by atoms with Gasteiger partial charge in [0, 0.05) is 5.54 Å². The van der Waals surface area contributed by atoms with E-state index in [1.54, 1.807) is 0 Å². The van der Waals surface area contributed by atoms with Gasteiger partial charge in [0.05, 0.1) is 11.1 Å². The maximum absolute atomic E-state index is 12.2. The largest absolute Gasteiger partial charge is 0.269 e. The highest BCUT2D eigenvalue weighted by Gasteiger charge is 2.44. The molecule has 0 saturated carbocycles. The second kappa shape index (κ2) is 4.70. The molecule has 0 fully saturated rings. The lowest BCUT2D eigenvalue weighted by Crippen LogP contribution is -2.49. The van der Waals surface area contributed by atoms with Gasteiger partial charge < -0.3 is 0 Å². The van der Waals surface area contributed by atoms with Gasteiger partial charge in [-0.05, 0) is 19.8 Å². The number of carbonyl (C=O) groups excluding carboxylic acids is 2. The highest BCUT2D eigenvalue weighted by atomic mass is 16.2. The third kappa shape index (κ3) is 1.86. The predicted octanol–water partition coefficient (Wildman–Crippen LogP) is 2.60. The number of hydrogen-bond acceptors (Lipinski definition) is 2. The van der Waals surface area contributed by atoms with Crippen LogP contribution in [0.2, 0.25) is 0 Å². The van der Waals surface area contributed by atoms with Gasteiger partial charge in [0.15, 0.2) is 0 Å². The summed E-state index contributed by atoms with van der Waals surface area (Å²) in [5.41, 5.74) is 0.281. The maximum Gasteiger partial charge on any atom is 0.262 e. The Bertz CT molecular complexity index is 384. The number of nitrogens with zero attached hydrogens (tertiary/aromatic N) is 1. The summed E-state index contributed by atoms with van der Waals surface area (Å²) in [7, 11) is 0. The van der Waals surface area contributed by atoms with Crippen LogP contribution in [-0.2, 0) is 9.59 Å². The van der Waals surface area contributed by atoms with Gasteiger partial charge in [-0.2, -0.15) is 0 Å². The van der Waals surface area contributed by atoms with E-state index in [2.05, 4.69) is 13.2 Å². The average Bonchev–Trinajstić information content (AvgIpc) is 2.59. The van der Waals surface area contributed by atoms with E-state index < -0.39 is 5.54 Å². The first-order chi connectivity index (χ1) is 7.96. The summed E-state index contributed by atoms with van der Waals surface area (Å²) in [6, 6.07) is 0. The van der Waals surface area contributed by atoms with Gasteiger partial charge in [-0.1, -0.05) is 39.2 Å². The van der Waals surface area contributed by atoms with Crippen molar-refractivity contribution in [1.29, 1.82) is 0 Å². The number of carbonyl (C=O) groups is 2. The van der Waals surface area contributed by atoms with Crippen molar-refractivity contribution < 1.29 is 9.59 Å². The Morgan fingerprint density at radius 1 is 1.06 bits per heavy atom. The third-order valence-corrected chi connectivity index (χ3v) is 3.63. The van der Waals surface area contributed by atoms with Gasteiger partial charge in [0.2, 0.25) is 0 Å². The van der Waals surface area contributed by atoms with Crippen LogP contribution in [0, 0.1) is 0 Å². The predicted molar refractivity (Wildman–Crippen MR) is 68.3 cm³/mol. The van der Waals surface area contributed by atoms with Crippen LogP contribution in [0.3, 0.4) is 0 Å². The summed E-state index contributed by atoms with van der Waals surface area (Å²) < 4.78 is 0. The van der Waals surface area contributed by atoms with Crippen LogP contribution in [0.5, 0.6) is 0 Å². The molecular formula is C14H19NO2. The Morgan fingerprint density at radius 2 is 1.41 bits per heavy atom. The molecule has 2 amide bonds. The quantitative estimate of drug-likeness (QED) is 0.684. The van der Waals surface area contributed by atoms with Crippen molar-refractivity contribution in [3.8, 4) is 0 Å². The molecule has 1 heterocycles. The van der Waals surface area contributed by atoms with Gasteiger partial charge in [-0.25, -0.2) is 0 Å². The van der Waals surface area contributed by atoms with Crippen molar-refractivity contribution in [2.75, 3.05) is 0 Å². The Balaban J connectivity index is 3.28. The molecule has 0 aromatic carbocycles. The zero-order valence-electron chi connectivity index (χ0n) is 10.7. The maximum atomic E-state index is 12.2. The fourth-order valence-electron chi connectivity index (χ4n) is 2.01. The first-order valence-electron chi connectivity index (χ1n) is 5.84. The minimum Gasteiger partial charge on any atom is -0.269 e. The molecule has 0 spiro atoms. The number of rotatable bonds is 5. The van der Waals surface area contributed by atoms with Gasteiger partial charge in [0.1, 0.15) is 0 Å². The minimum atomic E-state index is -0.437. The fourth-order valence-corrected chi connectivity index (χ4v) is 2.01. The molecule has 3 nitrogen and oxygen atoms in total. The van der Waals surface area contributed by atoms with E-state index in [0.29, 0.717) is 11.1 Å². The molecule has 1 rings (SSSR count). The van der Waals surface area contributed by atoms with E-state index in [4.69, 9.17) is 0 Å². The molecule has 0 unspecified atom stereocenters. The average molecular weight is 233 g/mol. The highest BCUT2D eigenvalue weighted by molar-refractivity contribution is 6.22. The van der Waals surface area contributed by atoms with Crippen LogP contribution in [0.25, 0.3) is 0 Å². The zero-order valence-corrected chi connectivity index (χ0v) is 10.7. The summed E-state index contributed by atoms with van der Waals surface area (Å²) in [5, 5.41) is 0. The molecule has 1 aliphatic rings. The van der Waals surface area contributed by atoms with E-state index in [1.807, 2.05) is 20.8 Å². The van der Waals surface area contributed by atoms with Crippen LogP contribution >= 0.6 is 0 Å². The summed E-state index contributed by atoms with van der Waals surface area (Å²) in [5.74, 6) is -0.516. The van der Waals surface area contributed by atoms with E-state index in [9.17, 15) is 9.59 Å². The van der Waals surface area contributed by atoms with E-state index >= 15 is 0 Å². The Kier molecular flexibility index (Phi) is 3.71. The SMILES string of the molecule is C=CC1=C(C=C)C(=O)N(C(C)(CC)CC)C1=O. The second-order valence-corrected chi connectivity index (χ2v) is 4.39. The van der Waals surface area contributed by atoms with Crippen LogP contribution in [0.1, 0.15) is 33.6 Å². The lowest BCUT2D eigenvalue weighted by atomic mass is 9.93. The van der Waals surface area contributed by atoms with Crippen molar-refractivity contribution in [2.24, 2.45) is 0 Å². The monoisotopic (exact) mass is 233 g/mol. The first-order valence-corrected chi connectivity index (χ1v) is 5.84. The lowest BCUT2D eigenvalue weighted by molar-refractivity contribution is -0.144. The standard InChI is InChI=1S/C14H19NO2/c1-6-10-11(7-2)13(17)15(12(10)16)14(5,8-3)9-4/h6-7H,1-2,8-9H2,3-5H3. The smallest absolute Gasteiger partial charge is 0.262 e. The summed E-state index contributed by atoms with van der Waals surface area (Å²) in [6.45, 7) is 13.1. The second-order valence-electron chi connectivity index (χ2n) is 4.39. The number of imide groups is 1. The Morgan fingerprint density at radius 3 is 1.65 bits per heavy atom. The van der Waals surface area contributed by atoms with Crippen molar-refractivity contribution >= 4 is 11.8 Å². The molecule has 92 valence electrons. The molecule has 0 radical (unpaired) electrons. The zero-order chi connectivity index (χ0) is 13.2. The van der Waals surface area contributed by atoms with E-state index in [-0.39, 0.29) is 11.8 Å². The molecular weight excluding hydrogens is 214 g/mol. The Hall–Kier alpha value is -1.64. The molecule has 0 aromatic rings. The fraction of sp³-hybridized carbons (Fsp3) is 0.429. The van der Waals surface area contributed by atoms with Gasteiger partial charge in [-0.3, -0.25) is 14.5 Å². The van der Waals surface area contributed by atoms with Crippen LogP contribution in [-0.4, -0.2) is 22.3 Å². The third-order valence-electron chi connectivity index (χ3n) is 3.63. The van der Waals surface area contributed by atoms with Gasteiger partial charge in [0.25, 0.3) is 11.8 Å². The minimum absolute atomic E-state index is 0.258. The van der Waals surface area contributed by atoms with E-state index in [0.717, 1.165) is 12.8 Å². The Labute approximate surface area is 102 Å². The van der Waals surface area contributed by atoms with Crippen molar-refractivity contribution in [3.05, 3.63) is 36.5 Å². The van der Waals surface area contributed by atoms with Gasteiger partial charge in [-0.15, -0.1) is 0 Å². The van der Waals surface area contributed by atoms with Crippen molar-refractivity contribution in [1.82, 2.24) is 4.90 Å². The molecule has 0 saturated heterocycles. The summed E-state index contributed by atoms with van der Waals surface area (Å²) >= 11 is 0. The highest BCUT2D eigenvalue weighted by Crippen LogP contribution is 2.33. The normalized spacial score (nSPS) is 16.8. The molecule has 0 atom stereocenters. The van der Waals surface area contributed by atoms with Gasteiger partial charge >= 0.3 is 0 Å². The number of amides is 2. The molecule has 0 bridgehead atoms. The van der Waals surface area contributed by atoms with Crippen molar-refractivity contribution in [3.63, 3.8) is 0 Å². The van der Waals surface area contributed by atoms with Crippen LogP contribution in [0.4, 0.5) is 0 Å². The topological polar surface area (TPSA) is 37.4 Å². The number of hydrogen-bond donors (Lipinski definition) is 0. The summed E-state index contributed by atoms with van der Waals surface area (Å²) in [6.07, 6.45) is 4.33. The van der Waals surface area contributed by atoms with E-state index in [1.165, 1.54) is 17.1 Å². The van der Waals surface area contributed by atoms with Crippen LogP contribution in [0.15, 0.2) is 36.5 Å². The lowest BCUT2D eigenvalue weighted by Gasteiger charge is -2.36. The molecule has 3 heteroatoms. The van der Waals surface area contributed by atoms with Crippen molar-refractivity contribution in [2.45, 2.75) is 39.2 Å². The molecule has 17 heavy (non-hydrogen) atoms. The first kappa shape index (κ1) is 13.4.